The first-order valence-corrected chi connectivity index (χ1v) is 7.23. The summed E-state index contributed by atoms with van der Waals surface area (Å²) in [6.07, 6.45) is 0. The quantitative estimate of drug-likeness (QED) is 0.923. The highest BCUT2D eigenvalue weighted by molar-refractivity contribution is 7.99. The molecule has 0 saturated carbocycles. The first-order chi connectivity index (χ1) is 8.70. The molecule has 0 bridgehead atoms. The van der Waals surface area contributed by atoms with Crippen molar-refractivity contribution in [1.82, 2.24) is 9.55 Å². The number of hydrogen-bond acceptors (Lipinski definition) is 3. The van der Waals surface area contributed by atoms with Crippen LogP contribution < -0.4 is 0 Å². The second-order valence-electron chi connectivity index (χ2n) is 3.98. The fourth-order valence-electron chi connectivity index (χ4n) is 2.07. The molecular weight excluding hydrogens is 291 g/mol. The molecule has 1 N–H and O–H groups in total. The summed E-state index contributed by atoms with van der Waals surface area (Å²) in [6, 6.07) is 5.40. The van der Waals surface area contributed by atoms with Crippen LogP contribution in [0, 0.1) is 0 Å². The molecule has 0 atom stereocenters. The predicted octanol–water partition coefficient (Wildman–Crippen LogP) is 3.45. The Hall–Kier alpha value is -0.680. The Morgan fingerprint density at radius 1 is 1.33 bits per heavy atom. The van der Waals surface area contributed by atoms with Crippen LogP contribution in [0.4, 0.5) is 0 Å². The van der Waals surface area contributed by atoms with Gasteiger partial charge < -0.3 is 9.67 Å². The molecule has 2 heterocycles. The minimum Gasteiger partial charge on any atom is -0.390 e. The van der Waals surface area contributed by atoms with Crippen LogP contribution >= 0.6 is 35.0 Å². The van der Waals surface area contributed by atoms with E-state index in [1.807, 2.05) is 6.07 Å². The lowest BCUT2D eigenvalue weighted by molar-refractivity contribution is 0.271. The predicted molar refractivity (Wildman–Crippen MR) is 74.3 cm³/mol. The van der Waals surface area contributed by atoms with Gasteiger partial charge in [0.25, 0.3) is 0 Å². The average Bonchev–Trinajstić information content (AvgIpc) is 2.92. The largest absolute Gasteiger partial charge is 0.390 e. The van der Waals surface area contributed by atoms with Gasteiger partial charge in [0.05, 0.1) is 28.0 Å². The topological polar surface area (TPSA) is 38.1 Å². The summed E-state index contributed by atoms with van der Waals surface area (Å²) in [4.78, 5) is 4.57. The van der Waals surface area contributed by atoms with E-state index in [2.05, 4.69) is 9.55 Å². The molecule has 1 aliphatic rings. The number of aromatic nitrogens is 2. The van der Waals surface area contributed by atoms with Gasteiger partial charge in [-0.3, -0.25) is 0 Å². The van der Waals surface area contributed by atoms with E-state index in [9.17, 15) is 5.11 Å². The Balaban J connectivity index is 2.14. The maximum atomic E-state index is 9.53. The molecule has 6 heteroatoms. The fourth-order valence-corrected chi connectivity index (χ4v) is 3.34. The Morgan fingerprint density at radius 2 is 2.17 bits per heavy atom. The van der Waals surface area contributed by atoms with Crippen LogP contribution in [0.1, 0.15) is 5.69 Å². The smallest absolute Gasteiger partial charge is 0.168 e. The second-order valence-corrected chi connectivity index (χ2v) is 5.85. The van der Waals surface area contributed by atoms with Crippen molar-refractivity contribution in [3.63, 3.8) is 0 Å². The van der Waals surface area contributed by atoms with Crippen molar-refractivity contribution >= 4 is 35.0 Å². The SMILES string of the molecule is OCc1c(-c2ccc(Cl)c(Cl)c2)nc2n1CCS2. The molecule has 1 aromatic heterocycles. The van der Waals surface area contributed by atoms with Gasteiger partial charge in [-0.15, -0.1) is 0 Å². The van der Waals surface area contributed by atoms with Crippen molar-refractivity contribution in [2.75, 3.05) is 5.75 Å². The Kier molecular flexibility index (Phi) is 3.28. The number of hydrogen-bond donors (Lipinski definition) is 1. The molecule has 2 aromatic rings. The third kappa shape index (κ3) is 1.93. The number of imidazole rings is 1. The maximum absolute atomic E-state index is 9.53. The Bertz CT molecular complexity index is 612. The van der Waals surface area contributed by atoms with Crippen molar-refractivity contribution in [1.29, 1.82) is 0 Å². The van der Waals surface area contributed by atoms with Gasteiger partial charge in [0, 0.05) is 17.9 Å². The highest BCUT2D eigenvalue weighted by Gasteiger charge is 2.22. The molecule has 1 aromatic carbocycles. The second kappa shape index (κ2) is 4.78. The molecule has 0 unspecified atom stereocenters. The number of rotatable bonds is 2. The zero-order valence-corrected chi connectivity index (χ0v) is 11.7. The molecule has 0 saturated heterocycles. The molecule has 3 rings (SSSR count). The van der Waals surface area contributed by atoms with E-state index in [1.165, 1.54) is 0 Å². The van der Waals surface area contributed by atoms with Crippen LogP contribution in [0.5, 0.6) is 0 Å². The van der Waals surface area contributed by atoms with E-state index >= 15 is 0 Å². The molecule has 1 aliphatic heterocycles. The number of benzene rings is 1. The van der Waals surface area contributed by atoms with E-state index < -0.39 is 0 Å². The molecule has 0 amide bonds. The van der Waals surface area contributed by atoms with Crippen LogP contribution in [0.15, 0.2) is 23.4 Å². The number of fused-ring (bicyclic) bond motifs is 1. The van der Waals surface area contributed by atoms with E-state index in [0.717, 1.165) is 34.4 Å². The zero-order chi connectivity index (χ0) is 12.7. The van der Waals surface area contributed by atoms with Crippen molar-refractivity contribution in [2.45, 2.75) is 18.3 Å². The van der Waals surface area contributed by atoms with Crippen molar-refractivity contribution in [2.24, 2.45) is 0 Å². The lowest BCUT2D eigenvalue weighted by Gasteiger charge is -2.05. The minimum absolute atomic E-state index is 0.0247. The molecule has 94 valence electrons. The van der Waals surface area contributed by atoms with Crippen molar-refractivity contribution in [3.8, 4) is 11.3 Å². The van der Waals surface area contributed by atoms with Gasteiger partial charge in [-0.1, -0.05) is 41.0 Å². The van der Waals surface area contributed by atoms with Gasteiger partial charge >= 0.3 is 0 Å². The van der Waals surface area contributed by atoms with E-state index in [4.69, 9.17) is 23.2 Å². The summed E-state index contributed by atoms with van der Waals surface area (Å²) >= 11 is 13.6. The lowest BCUT2D eigenvalue weighted by atomic mass is 10.1. The van der Waals surface area contributed by atoms with Gasteiger partial charge in [0.15, 0.2) is 5.16 Å². The number of aliphatic hydroxyl groups excluding tert-OH is 1. The number of aliphatic hydroxyl groups is 1. The summed E-state index contributed by atoms with van der Waals surface area (Å²) in [7, 11) is 0. The summed E-state index contributed by atoms with van der Waals surface area (Å²) in [5.74, 6) is 1.01. The van der Waals surface area contributed by atoms with Gasteiger partial charge in [-0.25, -0.2) is 4.98 Å². The first kappa shape index (κ1) is 12.4. The maximum Gasteiger partial charge on any atom is 0.168 e. The van der Waals surface area contributed by atoms with E-state index in [-0.39, 0.29) is 6.61 Å². The van der Waals surface area contributed by atoms with Gasteiger partial charge in [0.2, 0.25) is 0 Å². The molecule has 0 fully saturated rings. The van der Waals surface area contributed by atoms with Crippen LogP contribution in [0.25, 0.3) is 11.3 Å². The number of nitrogens with zero attached hydrogens (tertiary/aromatic N) is 2. The number of halogens is 2. The minimum atomic E-state index is -0.0247. The molecular formula is C12H10Cl2N2OS. The normalized spacial score (nSPS) is 13.9. The van der Waals surface area contributed by atoms with Gasteiger partial charge in [-0.2, -0.15) is 0 Å². The van der Waals surface area contributed by atoms with Crippen LogP contribution in [0.2, 0.25) is 10.0 Å². The molecule has 0 radical (unpaired) electrons. The Morgan fingerprint density at radius 3 is 2.89 bits per heavy atom. The highest BCUT2D eigenvalue weighted by atomic mass is 35.5. The fraction of sp³-hybridized carbons (Fsp3) is 0.250. The molecule has 18 heavy (non-hydrogen) atoms. The zero-order valence-electron chi connectivity index (χ0n) is 9.36. The van der Waals surface area contributed by atoms with Crippen molar-refractivity contribution in [3.05, 3.63) is 33.9 Å². The summed E-state index contributed by atoms with van der Waals surface area (Å²) in [5.41, 5.74) is 2.52. The molecule has 0 aliphatic carbocycles. The van der Waals surface area contributed by atoms with E-state index in [1.54, 1.807) is 23.9 Å². The average molecular weight is 301 g/mol. The molecule has 3 nitrogen and oxygen atoms in total. The highest BCUT2D eigenvalue weighted by Crippen LogP contribution is 2.35. The summed E-state index contributed by atoms with van der Waals surface area (Å²) in [5, 5.41) is 11.5. The lowest BCUT2D eigenvalue weighted by Crippen LogP contribution is -2.01. The summed E-state index contributed by atoms with van der Waals surface area (Å²) in [6.45, 7) is 0.868. The molecule has 0 spiro atoms. The van der Waals surface area contributed by atoms with Crippen LogP contribution in [-0.4, -0.2) is 20.4 Å². The number of thioether (sulfide) groups is 1. The third-order valence-corrected chi connectivity index (χ3v) is 4.62. The van der Waals surface area contributed by atoms with Crippen LogP contribution in [0.3, 0.4) is 0 Å². The third-order valence-electron chi connectivity index (χ3n) is 2.93. The summed E-state index contributed by atoms with van der Waals surface area (Å²) < 4.78 is 2.06. The standard InChI is InChI=1S/C12H10Cl2N2OS/c13-8-2-1-7(5-9(8)14)11-10(6-17)16-3-4-18-12(16)15-11/h1-2,5,17H,3-4,6H2. The van der Waals surface area contributed by atoms with Gasteiger partial charge in [0.1, 0.15) is 0 Å². The Labute approximate surface area is 119 Å². The van der Waals surface area contributed by atoms with Crippen molar-refractivity contribution < 1.29 is 5.11 Å². The monoisotopic (exact) mass is 300 g/mol. The van der Waals surface area contributed by atoms with Gasteiger partial charge in [-0.05, 0) is 12.1 Å². The van der Waals surface area contributed by atoms with E-state index in [0.29, 0.717) is 10.0 Å². The first-order valence-electron chi connectivity index (χ1n) is 5.49. The van der Waals surface area contributed by atoms with Crippen LogP contribution in [-0.2, 0) is 13.2 Å².